The molecule has 5 nitrogen and oxygen atoms in total. The van der Waals surface area contributed by atoms with Crippen LogP contribution >= 0.6 is 0 Å². The fourth-order valence-electron chi connectivity index (χ4n) is 4.52. The lowest BCUT2D eigenvalue weighted by Crippen LogP contribution is -2.36. The number of hydrogen-bond acceptors (Lipinski definition) is 3. The largest absolute Gasteiger partial charge is 0.496 e. The van der Waals surface area contributed by atoms with E-state index in [0.29, 0.717) is 0 Å². The summed E-state index contributed by atoms with van der Waals surface area (Å²) < 4.78 is 10.3. The maximum Gasteiger partial charge on any atom is 0.362 e. The van der Waals surface area contributed by atoms with E-state index in [2.05, 4.69) is 86.6 Å². The van der Waals surface area contributed by atoms with E-state index in [-0.39, 0.29) is 0 Å². The number of ether oxygens (including phenoxy) is 1. The van der Waals surface area contributed by atoms with Crippen molar-refractivity contribution in [2.75, 3.05) is 31.3 Å². The van der Waals surface area contributed by atoms with Gasteiger partial charge in [0.2, 0.25) is 0 Å². The summed E-state index contributed by atoms with van der Waals surface area (Å²) in [6.45, 7) is 1.96. The number of para-hydroxylation sites is 2. The smallest absolute Gasteiger partial charge is 0.362 e. The highest BCUT2D eigenvalue weighted by molar-refractivity contribution is 5.78. The molecule has 5 heteroatoms. The number of fused-ring (bicyclic) bond motifs is 1. The van der Waals surface area contributed by atoms with E-state index in [0.717, 1.165) is 60.3 Å². The highest BCUT2D eigenvalue weighted by Crippen LogP contribution is 2.32. The van der Waals surface area contributed by atoms with Crippen LogP contribution in [-0.2, 0) is 6.54 Å². The van der Waals surface area contributed by atoms with Gasteiger partial charge in [-0.25, -0.2) is 9.13 Å². The minimum Gasteiger partial charge on any atom is -0.496 e. The molecule has 0 fully saturated rings. The van der Waals surface area contributed by atoms with E-state index < -0.39 is 0 Å². The number of methoxy groups -OCH3 is 1. The molecule has 0 saturated carbocycles. The summed E-state index contributed by atoms with van der Waals surface area (Å²) in [6, 6.07) is 25.4. The topological polar surface area (TPSA) is 42.1 Å². The Bertz CT molecular complexity index is 1230. The van der Waals surface area contributed by atoms with Gasteiger partial charge in [0.25, 0.3) is 0 Å². The van der Waals surface area contributed by atoms with Gasteiger partial charge in [-0.1, -0.05) is 42.5 Å². The first-order valence-corrected chi connectivity index (χ1v) is 11.2. The second kappa shape index (κ2) is 8.79. The van der Waals surface area contributed by atoms with Crippen LogP contribution in [0.1, 0.15) is 12.8 Å². The van der Waals surface area contributed by atoms with E-state index in [1.807, 2.05) is 19.2 Å². The van der Waals surface area contributed by atoms with E-state index in [9.17, 15) is 0 Å². The summed E-state index contributed by atoms with van der Waals surface area (Å²) in [4.78, 5) is 0. The van der Waals surface area contributed by atoms with E-state index in [1.165, 1.54) is 11.1 Å². The molecule has 1 aromatic heterocycles. The van der Waals surface area contributed by atoms with Crippen molar-refractivity contribution in [2.45, 2.75) is 19.4 Å². The molecular formula is C27H29N4O+. The third-order valence-electron chi connectivity index (χ3n) is 6.15. The molecule has 0 radical (unpaired) electrons. The number of nitrogens with one attached hydrogen (secondary N) is 2. The van der Waals surface area contributed by atoms with Gasteiger partial charge < -0.3 is 10.1 Å². The fourth-order valence-corrected chi connectivity index (χ4v) is 4.52. The monoisotopic (exact) mass is 425 g/mol. The molecule has 2 heterocycles. The standard InChI is InChI=1S/C27H28N4O/c1-28-24-11-5-3-9-22(24)20-13-15-21(16-14-20)31-19-25(23-10-4-6-12-26(23)32-2)30-18-8-7-17-29-27(30)31/h3-6,9-16,19,28H,7-8,17-18H2,1-2H3/p+1. The third-order valence-corrected chi connectivity index (χ3v) is 6.15. The van der Waals surface area contributed by atoms with Crippen LogP contribution in [0.5, 0.6) is 5.75 Å². The van der Waals surface area contributed by atoms with Crippen LogP contribution in [0.4, 0.5) is 11.6 Å². The molecule has 0 saturated heterocycles. The summed E-state index contributed by atoms with van der Waals surface area (Å²) in [6.07, 6.45) is 4.53. The molecule has 0 amide bonds. The Labute approximate surface area is 189 Å². The van der Waals surface area contributed by atoms with E-state index in [1.54, 1.807) is 7.11 Å². The summed E-state index contributed by atoms with van der Waals surface area (Å²) in [5.74, 6) is 2.01. The summed E-state index contributed by atoms with van der Waals surface area (Å²) >= 11 is 0. The second-order valence-corrected chi connectivity index (χ2v) is 8.04. The lowest BCUT2D eigenvalue weighted by molar-refractivity contribution is -0.670. The third kappa shape index (κ3) is 3.60. The van der Waals surface area contributed by atoms with Crippen molar-refractivity contribution in [2.24, 2.45) is 0 Å². The average Bonchev–Trinajstić information content (AvgIpc) is 3.04. The fraction of sp³-hybridized carbons (Fsp3) is 0.222. The molecule has 4 aromatic rings. The van der Waals surface area contributed by atoms with Crippen molar-refractivity contribution in [3.8, 4) is 33.8 Å². The van der Waals surface area contributed by atoms with Crippen LogP contribution in [-0.4, -0.2) is 25.3 Å². The number of hydrogen-bond donors (Lipinski definition) is 2. The van der Waals surface area contributed by atoms with Crippen molar-refractivity contribution < 1.29 is 9.30 Å². The quantitative estimate of drug-likeness (QED) is 0.423. The summed E-state index contributed by atoms with van der Waals surface area (Å²) in [7, 11) is 3.70. The number of nitrogens with zero attached hydrogens (tertiary/aromatic N) is 2. The SMILES string of the molecule is CNc1ccccc1-c1ccc(-n2cc(-c3ccccc3OC)[n+]3c2NCCCC3)cc1. The Morgan fingerprint density at radius 2 is 1.66 bits per heavy atom. The Balaban J connectivity index is 1.60. The Kier molecular flexibility index (Phi) is 5.55. The molecule has 1 aliphatic rings. The van der Waals surface area contributed by atoms with Crippen molar-refractivity contribution in [3.63, 3.8) is 0 Å². The predicted molar refractivity (Wildman–Crippen MR) is 131 cm³/mol. The van der Waals surface area contributed by atoms with Gasteiger partial charge >= 0.3 is 5.95 Å². The molecule has 3 aromatic carbocycles. The van der Waals surface area contributed by atoms with E-state index >= 15 is 0 Å². The molecule has 2 N–H and O–H groups in total. The molecule has 0 aliphatic carbocycles. The van der Waals surface area contributed by atoms with Gasteiger partial charge in [0.15, 0.2) is 0 Å². The van der Waals surface area contributed by atoms with Gasteiger partial charge in [-0.15, -0.1) is 0 Å². The molecule has 162 valence electrons. The number of aromatic nitrogens is 2. The van der Waals surface area contributed by atoms with Gasteiger partial charge in [-0.2, -0.15) is 0 Å². The molecule has 32 heavy (non-hydrogen) atoms. The minimum absolute atomic E-state index is 0.892. The first kappa shape index (κ1) is 20.2. The maximum atomic E-state index is 5.67. The zero-order valence-electron chi connectivity index (χ0n) is 18.6. The highest BCUT2D eigenvalue weighted by Gasteiger charge is 2.27. The first-order chi connectivity index (χ1) is 15.8. The number of rotatable bonds is 5. The van der Waals surface area contributed by atoms with Gasteiger partial charge in [-0.3, -0.25) is 5.32 Å². The van der Waals surface area contributed by atoms with Crippen molar-refractivity contribution in [1.82, 2.24) is 4.57 Å². The van der Waals surface area contributed by atoms with Gasteiger partial charge in [-0.05, 0) is 48.7 Å². The van der Waals surface area contributed by atoms with Crippen LogP contribution in [0.15, 0.2) is 79.0 Å². The summed E-state index contributed by atoms with van der Waals surface area (Å²) in [5, 5.41) is 6.95. The second-order valence-electron chi connectivity index (χ2n) is 8.04. The normalized spacial score (nSPS) is 13.1. The van der Waals surface area contributed by atoms with Crippen molar-refractivity contribution in [3.05, 3.63) is 79.0 Å². The number of imidazole rings is 1. The molecule has 1 aliphatic heterocycles. The van der Waals surface area contributed by atoms with Gasteiger partial charge in [0.1, 0.15) is 23.3 Å². The molecule has 0 spiro atoms. The molecular weight excluding hydrogens is 396 g/mol. The van der Waals surface area contributed by atoms with E-state index in [4.69, 9.17) is 4.74 Å². The van der Waals surface area contributed by atoms with Gasteiger partial charge in [0, 0.05) is 18.3 Å². The van der Waals surface area contributed by atoms with Gasteiger partial charge in [0.05, 0.1) is 25.8 Å². The minimum atomic E-state index is 0.892. The molecule has 0 atom stereocenters. The van der Waals surface area contributed by atoms with Crippen LogP contribution in [0, 0.1) is 0 Å². The van der Waals surface area contributed by atoms with Crippen molar-refractivity contribution in [1.29, 1.82) is 0 Å². The van der Waals surface area contributed by atoms with Crippen LogP contribution in [0.3, 0.4) is 0 Å². The van der Waals surface area contributed by atoms with Crippen LogP contribution in [0.2, 0.25) is 0 Å². The highest BCUT2D eigenvalue weighted by atomic mass is 16.5. The summed E-state index contributed by atoms with van der Waals surface area (Å²) in [5.41, 5.74) is 6.94. The maximum absolute atomic E-state index is 5.67. The lowest BCUT2D eigenvalue weighted by atomic mass is 10.0. The van der Waals surface area contributed by atoms with Crippen LogP contribution in [0.25, 0.3) is 28.1 Å². The number of benzene rings is 3. The Morgan fingerprint density at radius 3 is 2.44 bits per heavy atom. The first-order valence-electron chi connectivity index (χ1n) is 11.2. The van der Waals surface area contributed by atoms with Crippen molar-refractivity contribution >= 4 is 11.6 Å². The molecule has 5 rings (SSSR count). The molecule has 0 bridgehead atoms. The lowest BCUT2D eigenvalue weighted by Gasteiger charge is -2.10. The zero-order valence-corrected chi connectivity index (χ0v) is 18.6. The zero-order chi connectivity index (χ0) is 21.9. The average molecular weight is 426 g/mol. The number of anilines is 2. The van der Waals surface area contributed by atoms with Crippen LogP contribution < -0.4 is 19.9 Å². The Morgan fingerprint density at radius 1 is 0.906 bits per heavy atom. The predicted octanol–water partition coefficient (Wildman–Crippen LogP) is 5.35. The Hall–Kier alpha value is -3.73. The molecule has 0 unspecified atom stereocenters.